The fraction of sp³-hybridized carbons (Fsp3) is 0.818. The topological polar surface area (TPSA) is 38.9 Å². The molecule has 0 unspecified atom stereocenters. The third-order valence-electron chi connectivity index (χ3n) is 2.21. The van der Waals surface area contributed by atoms with Gasteiger partial charge in [-0.2, -0.15) is 16.7 Å². The maximum Gasteiger partial charge on any atom is 0.229 e. The molecule has 0 saturated heterocycles. The maximum atomic E-state index is 5.16. The minimum Gasteiger partial charge on any atom is -0.339 e. The molecule has 1 aromatic rings. The molecule has 0 spiro atoms. The summed E-state index contributed by atoms with van der Waals surface area (Å²) >= 11 is 1.91. The molecule has 0 fully saturated rings. The molecule has 0 amide bonds. The van der Waals surface area contributed by atoms with E-state index in [0.717, 1.165) is 17.5 Å². The molecule has 92 valence electrons. The number of aromatic nitrogens is 2. The third-order valence-corrected chi connectivity index (χ3v) is 5.27. The summed E-state index contributed by atoms with van der Waals surface area (Å²) in [5.74, 6) is 4.00. The van der Waals surface area contributed by atoms with Gasteiger partial charge in [0.05, 0.1) is 5.75 Å². The molecular weight excluding hydrogens is 236 g/mol. The molecule has 0 aliphatic rings. The zero-order chi connectivity index (χ0) is 12.2. The van der Waals surface area contributed by atoms with E-state index in [1.807, 2.05) is 11.8 Å². The Hall–Kier alpha value is -0.293. The molecule has 0 atom stereocenters. The van der Waals surface area contributed by atoms with Crippen molar-refractivity contribution in [2.45, 2.75) is 51.2 Å². The van der Waals surface area contributed by atoms with E-state index in [1.54, 1.807) is 0 Å². The highest BCUT2D eigenvalue weighted by molar-refractivity contribution is 7.98. The van der Waals surface area contributed by atoms with Gasteiger partial charge in [0.25, 0.3) is 0 Å². The summed E-state index contributed by atoms with van der Waals surface area (Å²) in [5.41, 5.74) is 0. The zero-order valence-electron chi connectivity index (χ0n) is 10.9. The Morgan fingerprint density at radius 2 is 2.00 bits per heavy atom. The smallest absolute Gasteiger partial charge is 0.229 e. The maximum absolute atomic E-state index is 5.16. The van der Waals surface area contributed by atoms with Crippen LogP contribution >= 0.6 is 11.8 Å². The molecule has 0 N–H and O–H groups in total. The van der Waals surface area contributed by atoms with Crippen molar-refractivity contribution in [2.75, 3.05) is 5.75 Å². The van der Waals surface area contributed by atoms with Crippen LogP contribution in [0.4, 0.5) is 0 Å². The van der Waals surface area contributed by atoms with Crippen molar-refractivity contribution in [3.63, 3.8) is 0 Å². The number of hydrogen-bond acceptors (Lipinski definition) is 4. The van der Waals surface area contributed by atoms with Crippen molar-refractivity contribution >= 4 is 19.8 Å². The van der Waals surface area contributed by atoms with E-state index in [4.69, 9.17) is 4.52 Å². The average Bonchev–Trinajstić information content (AvgIpc) is 2.59. The zero-order valence-corrected chi connectivity index (χ0v) is 12.7. The number of rotatable bonds is 6. The summed E-state index contributed by atoms with van der Waals surface area (Å²) < 4.78 is 5.16. The average molecular weight is 258 g/mol. The summed E-state index contributed by atoms with van der Waals surface area (Å²) in [7, 11) is -0.893. The minimum atomic E-state index is -0.893. The van der Waals surface area contributed by atoms with Crippen LogP contribution in [0.3, 0.4) is 0 Å². The lowest BCUT2D eigenvalue weighted by molar-refractivity contribution is 0.362. The standard InChI is InChI=1S/C11H22N2OSSi/c1-9(2)11-12-10(13-14-11)8-15-6-7-16(3,4)5/h9H,6-8H2,1-5H3. The second kappa shape index (κ2) is 5.86. The molecule has 0 radical (unpaired) electrons. The molecule has 1 rings (SSSR count). The second-order valence-corrected chi connectivity index (χ2v) is 12.3. The van der Waals surface area contributed by atoms with Gasteiger partial charge in [0.15, 0.2) is 5.82 Å². The van der Waals surface area contributed by atoms with Crippen molar-refractivity contribution in [1.82, 2.24) is 10.1 Å². The van der Waals surface area contributed by atoms with Crippen LogP contribution in [-0.4, -0.2) is 24.0 Å². The van der Waals surface area contributed by atoms with Gasteiger partial charge in [-0.1, -0.05) is 38.6 Å². The molecule has 0 aliphatic heterocycles. The first-order valence-electron chi connectivity index (χ1n) is 5.79. The van der Waals surface area contributed by atoms with E-state index in [0.29, 0.717) is 5.92 Å². The van der Waals surface area contributed by atoms with E-state index in [2.05, 4.69) is 43.6 Å². The lowest BCUT2D eigenvalue weighted by Crippen LogP contribution is -2.19. The van der Waals surface area contributed by atoms with Crippen molar-refractivity contribution in [2.24, 2.45) is 0 Å². The van der Waals surface area contributed by atoms with Gasteiger partial charge in [0, 0.05) is 14.0 Å². The summed E-state index contributed by atoms with van der Waals surface area (Å²) in [6, 6.07) is 1.35. The fourth-order valence-electron chi connectivity index (χ4n) is 1.10. The van der Waals surface area contributed by atoms with Crippen LogP contribution in [0.25, 0.3) is 0 Å². The third kappa shape index (κ3) is 5.16. The second-order valence-electron chi connectivity index (χ2n) is 5.57. The first kappa shape index (κ1) is 13.8. The van der Waals surface area contributed by atoms with Gasteiger partial charge < -0.3 is 4.52 Å². The van der Waals surface area contributed by atoms with Crippen molar-refractivity contribution in [3.05, 3.63) is 11.7 Å². The minimum absolute atomic E-state index is 0.327. The van der Waals surface area contributed by atoms with Crippen molar-refractivity contribution in [3.8, 4) is 0 Å². The van der Waals surface area contributed by atoms with Gasteiger partial charge >= 0.3 is 0 Å². The molecule has 5 heteroatoms. The summed E-state index contributed by atoms with van der Waals surface area (Å²) in [6.45, 7) is 11.3. The van der Waals surface area contributed by atoms with Crippen LogP contribution < -0.4 is 0 Å². The lowest BCUT2D eigenvalue weighted by atomic mass is 10.2. The summed E-state index contributed by atoms with van der Waals surface area (Å²) in [4.78, 5) is 4.36. The van der Waals surface area contributed by atoms with Gasteiger partial charge in [0.2, 0.25) is 5.89 Å². The SMILES string of the molecule is CC(C)c1nc(CSCC[Si](C)(C)C)no1. The largest absolute Gasteiger partial charge is 0.339 e. The Morgan fingerprint density at radius 3 is 2.50 bits per heavy atom. The molecule has 0 saturated carbocycles. The molecule has 1 aromatic heterocycles. The van der Waals surface area contributed by atoms with Crippen molar-refractivity contribution < 1.29 is 4.52 Å². The molecule has 16 heavy (non-hydrogen) atoms. The first-order valence-corrected chi connectivity index (χ1v) is 10.6. The Bertz CT molecular complexity index is 320. The highest BCUT2D eigenvalue weighted by Gasteiger charge is 2.13. The van der Waals surface area contributed by atoms with Crippen LogP contribution in [0.15, 0.2) is 4.52 Å². The molecule has 0 bridgehead atoms. The Labute approximate surface area is 103 Å². The van der Waals surface area contributed by atoms with E-state index in [-0.39, 0.29) is 0 Å². The van der Waals surface area contributed by atoms with Gasteiger partial charge in [-0.15, -0.1) is 0 Å². The van der Waals surface area contributed by atoms with E-state index < -0.39 is 8.07 Å². The monoisotopic (exact) mass is 258 g/mol. The van der Waals surface area contributed by atoms with Crippen LogP contribution in [-0.2, 0) is 5.75 Å². The number of thioether (sulfide) groups is 1. The highest BCUT2D eigenvalue weighted by Crippen LogP contribution is 2.18. The van der Waals surface area contributed by atoms with Crippen LogP contribution in [0.2, 0.25) is 25.7 Å². The molecule has 3 nitrogen and oxygen atoms in total. The van der Waals surface area contributed by atoms with Crippen LogP contribution in [0, 0.1) is 0 Å². The quantitative estimate of drug-likeness (QED) is 0.575. The van der Waals surface area contributed by atoms with Gasteiger partial charge in [0.1, 0.15) is 0 Å². The number of nitrogens with zero attached hydrogens (tertiary/aromatic N) is 2. The summed E-state index contributed by atoms with van der Waals surface area (Å²) in [6.07, 6.45) is 0. The first-order chi connectivity index (χ1) is 7.38. The molecule has 0 aliphatic carbocycles. The predicted octanol–water partition coefficient (Wildman–Crippen LogP) is 3.76. The van der Waals surface area contributed by atoms with Crippen molar-refractivity contribution in [1.29, 1.82) is 0 Å². The van der Waals surface area contributed by atoms with Gasteiger partial charge in [-0.05, 0) is 11.8 Å². The van der Waals surface area contributed by atoms with Gasteiger partial charge in [-0.25, -0.2) is 0 Å². The highest BCUT2D eigenvalue weighted by atomic mass is 32.2. The Morgan fingerprint density at radius 1 is 1.31 bits per heavy atom. The number of hydrogen-bond donors (Lipinski definition) is 0. The normalized spacial score (nSPS) is 12.4. The lowest BCUT2D eigenvalue weighted by Gasteiger charge is -2.14. The molecule has 1 heterocycles. The molecule has 0 aromatic carbocycles. The fourth-order valence-corrected chi connectivity index (χ4v) is 4.57. The Kier molecular flexibility index (Phi) is 5.05. The van der Waals surface area contributed by atoms with Crippen LogP contribution in [0.5, 0.6) is 0 Å². The van der Waals surface area contributed by atoms with E-state index in [1.165, 1.54) is 11.8 Å². The van der Waals surface area contributed by atoms with Crippen LogP contribution in [0.1, 0.15) is 31.5 Å². The van der Waals surface area contributed by atoms with Gasteiger partial charge in [-0.3, -0.25) is 0 Å². The predicted molar refractivity (Wildman–Crippen MR) is 72.7 cm³/mol. The van der Waals surface area contributed by atoms with E-state index in [9.17, 15) is 0 Å². The van der Waals surface area contributed by atoms with E-state index >= 15 is 0 Å². The Balaban J connectivity index is 2.27. The summed E-state index contributed by atoms with van der Waals surface area (Å²) in [5, 5.41) is 3.98. The molecular formula is C11H22N2OSSi.